The van der Waals surface area contributed by atoms with E-state index in [-0.39, 0.29) is 23.8 Å². The highest BCUT2D eigenvalue weighted by atomic mass is 35.5. The van der Waals surface area contributed by atoms with E-state index >= 15 is 0 Å². The van der Waals surface area contributed by atoms with E-state index in [0.717, 1.165) is 0 Å². The minimum Gasteiger partial charge on any atom is -0.388 e. The van der Waals surface area contributed by atoms with Gasteiger partial charge in [0.15, 0.2) is 0 Å². The van der Waals surface area contributed by atoms with Crippen molar-refractivity contribution >= 4 is 27.5 Å². The molecule has 0 aliphatic carbocycles. The van der Waals surface area contributed by atoms with Gasteiger partial charge in [-0.25, -0.2) is 13.1 Å². The van der Waals surface area contributed by atoms with Crippen molar-refractivity contribution in [2.45, 2.75) is 35.7 Å². The molecular formula is C17H26ClN3O6S. The molecule has 1 aromatic carbocycles. The second-order valence-corrected chi connectivity index (χ2v) is 9.06. The number of likely N-dealkylation sites (N-methyl/N-ethyl adjacent to an activating group) is 1. The summed E-state index contributed by atoms with van der Waals surface area (Å²) in [5, 5.41) is 23.3. The molecule has 0 saturated carbocycles. The van der Waals surface area contributed by atoms with Gasteiger partial charge in [0.1, 0.15) is 18.3 Å². The van der Waals surface area contributed by atoms with Crippen molar-refractivity contribution in [3.63, 3.8) is 0 Å². The van der Waals surface area contributed by atoms with E-state index in [1.807, 2.05) is 19.0 Å². The van der Waals surface area contributed by atoms with Crippen LogP contribution in [-0.2, 0) is 19.6 Å². The summed E-state index contributed by atoms with van der Waals surface area (Å²) in [6, 6.07) is 5.61. The summed E-state index contributed by atoms with van der Waals surface area (Å²) < 4.78 is 32.4. The van der Waals surface area contributed by atoms with Crippen LogP contribution in [0.1, 0.15) is 6.42 Å². The van der Waals surface area contributed by atoms with Crippen molar-refractivity contribution in [3.05, 3.63) is 29.3 Å². The van der Waals surface area contributed by atoms with Crippen LogP contribution in [0.25, 0.3) is 0 Å². The second kappa shape index (κ2) is 9.97. The number of nitrogens with one attached hydrogen (secondary N) is 2. The lowest BCUT2D eigenvalue weighted by Crippen LogP contribution is -2.40. The zero-order chi connectivity index (χ0) is 20.9. The fraction of sp³-hybridized carbons (Fsp3) is 0.588. The molecule has 1 aliphatic heterocycles. The van der Waals surface area contributed by atoms with Crippen LogP contribution in [0.15, 0.2) is 29.2 Å². The second-order valence-electron chi connectivity index (χ2n) is 6.86. The molecule has 0 radical (unpaired) electrons. The first-order chi connectivity index (χ1) is 13.1. The number of rotatable bonds is 9. The molecule has 0 unspecified atom stereocenters. The number of carbonyl (C=O) groups is 1. The number of nitrogens with zero attached hydrogens (tertiary/aromatic N) is 1. The third-order valence-electron chi connectivity index (χ3n) is 4.33. The van der Waals surface area contributed by atoms with Gasteiger partial charge in [-0.05, 0) is 38.4 Å². The molecule has 0 spiro atoms. The van der Waals surface area contributed by atoms with Crippen LogP contribution in [0, 0.1) is 0 Å². The number of sulfonamides is 1. The lowest BCUT2D eigenvalue weighted by Gasteiger charge is -2.16. The SMILES string of the molecule is CN(C)CCNC(=O)C[C@@H]1O[C@H](CNS(=O)(=O)c2ccc(Cl)cc2)[C@@H](O)[C@H]1O. The minimum absolute atomic E-state index is 0.0155. The number of aliphatic hydroxyl groups excluding tert-OH is 2. The summed E-state index contributed by atoms with van der Waals surface area (Å²) >= 11 is 5.75. The third-order valence-corrected chi connectivity index (χ3v) is 6.02. The molecule has 4 N–H and O–H groups in total. The molecule has 11 heteroatoms. The van der Waals surface area contributed by atoms with Gasteiger partial charge in [0.05, 0.1) is 17.4 Å². The number of aliphatic hydroxyl groups is 2. The van der Waals surface area contributed by atoms with E-state index in [1.165, 1.54) is 24.3 Å². The fourth-order valence-electron chi connectivity index (χ4n) is 2.73. The summed E-state index contributed by atoms with van der Waals surface area (Å²) in [5.74, 6) is -0.319. The Kier molecular flexibility index (Phi) is 8.19. The van der Waals surface area contributed by atoms with Crippen LogP contribution in [-0.4, -0.2) is 87.6 Å². The molecule has 1 amide bonds. The Balaban J connectivity index is 1.88. The van der Waals surface area contributed by atoms with Crippen molar-refractivity contribution in [2.75, 3.05) is 33.7 Å². The van der Waals surface area contributed by atoms with Crippen molar-refractivity contribution in [1.29, 1.82) is 0 Å². The Hall–Kier alpha value is -1.27. The van der Waals surface area contributed by atoms with Crippen LogP contribution in [0.4, 0.5) is 0 Å². The number of carbonyl (C=O) groups excluding carboxylic acids is 1. The summed E-state index contributed by atoms with van der Waals surface area (Å²) in [4.78, 5) is 13.9. The highest BCUT2D eigenvalue weighted by molar-refractivity contribution is 7.89. The lowest BCUT2D eigenvalue weighted by molar-refractivity contribution is -0.125. The summed E-state index contributed by atoms with van der Waals surface area (Å²) in [6.45, 7) is 0.862. The average Bonchev–Trinajstić information content (AvgIpc) is 2.88. The standard InChI is InChI=1S/C17H26ClN3O6S/c1-21(2)8-7-19-15(22)9-13-16(23)17(24)14(27-13)10-20-28(25,26)12-5-3-11(18)4-6-12/h3-6,13-14,16-17,20,23-24H,7-10H2,1-2H3,(H,19,22)/t13-,14+,16-,17+/m0/s1. The van der Waals surface area contributed by atoms with Gasteiger partial charge >= 0.3 is 0 Å². The smallest absolute Gasteiger partial charge is 0.240 e. The molecule has 1 saturated heterocycles. The van der Waals surface area contributed by atoms with Gasteiger partial charge in [-0.3, -0.25) is 4.79 Å². The first kappa shape index (κ1) is 23.0. The van der Waals surface area contributed by atoms with Crippen LogP contribution in [0.2, 0.25) is 5.02 Å². The normalized spacial score (nSPS) is 25.2. The zero-order valence-electron chi connectivity index (χ0n) is 15.7. The van der Waals surface area contributed by atoms with Crippen LogP contribution >= 0.6 is 11.6 Å². The van der Waals surface area contributed by atoms with Gasteiger partial charge in [0, 0.05) is 24.7 Å². The Bertz CT molecular complexity index is 759. The first-order valence-corrected chi connectivity index (χ1v) is 10.6. The van der Waals surface area contributed by atoms with Crippen LogP contribution < -0.4 is 10.0 Å². The van der Waals surface area contributed by atoms with Gasteiger partial charge in [0.2, 0.25) is 15.9 Å². The van der Waals surface area contributed by atoms with Gasteiger partial charge in [0.25, 0.3) is 0 Å². The van der Waals surface area contributed by atoms with Crippen LogP contribution in [0.5, 0.6) is 0 Å². The average molecular weight is 436 g/mol. The first-order valence-electron chi connectivity index (χ1n) is 8.78. The highest BCUT2D eigenvalue weighted by Gasteiger charge is 2.43. The van der Waals surface area contributed by atoms with Crippen molar-refractivity contribution in [1.82, 2.24) is 14.9 Å². The maximum Gasteiger partial charge on any atom is 0.240 e. The quantitative estimate of drug-likeness (QED) is 0.398. The number of benzene rings is 1. The van der Waals surface area contributed by atoms with Gasteiger partial charge < -0.3 is 25.2 Å². The molecule has 158 valence electrons. The van der Waals surface area contributed by atoms with E-state index in [1.54, 1.807) is 0 Å². The largest absolute Gasteiger partial charge is 0.388 e. The minimum atomic E-state index is -3.83. The van der Waals surface area contributed by atoms with Gasteiger partial charge in [-0.2, -0.15) is 0 Å². The predicted molar refractivity (Wildman–Crippen MR) is 103 cm³/mol. The van der Waals surface area contributed by atoms with E-state index in [4.69, 9.17) is 16.3 Å². The maximum atomic E-state index is 12.3. The van der Waals surface area contributed by atoms with Crippen LogP contribution in [0.3, 0.4) is 0 Å². The summed E-state index contributed by atoms with van der Waals surface area (Å²) in [7, 11) is -0.0774. The molecule has 2 rings (SSSR count). The van der Waals surface area contributed by atoms with Crippen molar-refractivity contribution in [2.24, 2.45) is 0 Å². The zero-order valence-corrected chi connectivity index (χ0v) is 17.3. The number of hydrogen-bond acceptors (Lipinski definition) is 7. The Morgan fingerprint density at radius 3 is 2.39 bits per heavy atom. The molecule has 0 bridgehead atoms. The molecule has 0 aromatic heterocycles. The molecule has 1 heterocycles. The summed E-state index contributed by atoms with van der Waals surface area (Å²) in [6.07, 6.45) is -4.63. The molecule has 1 aliphatic rings. The predicted octanol–water partition coefficient (Wildman–Crippen LogP) is -0.825. The lowest BCUT2D eigenvalue weighted by atomic mass is 10.1. The van der Waals surface area contributed by atoms with Gasteiger partial charge in [-0.1, -0.05) is 11.6 Å². The highest BCUT2D eigenvalue weighted by Crippen LogP contribution is 2.24. The van der Waals surface area contributed by atoms with E-state index in [2.05, 4.69) is 10.0 Å². The molecule has 1 aromatic rings. The van der Waals surface area contributed by atoms with Crippen molar-refractivity contribution < 1.29 is 28.2 Å². The number of halogens is 1. The molecule has 9 nitrogen and oxygen atoms in total. The molecule has 4 atom stereocenters. The number of amides is 1. The summed E-state index contributed by atoms with van der Waals surface area (Å²) in [5.41, 5.74) is 0. The van der Waals surface area contributed by atoms with E-state index < -0.39 is 34.4 Å². The Morgan fingerprint density at radius 2 is 1.79 bits per heavy atom. The third kappa shape index (κ3) is 6.38. The Morgan fingerprint density at radius 1 is 1.18 bits per heavy atom. The number of ether oxygens (including phenoxy) is 1. The monoisotopic (exact) mass is 435 g/mol. The molecule has 1 fully saturated rings. The topological polar surface area (TPSA) is 128 Å². The van der Waals surface area contributed by atoms with E-state index in [9.17, 15) is 23.4 Å². The molecular weight excluding hydrogens is 410 g/mol. The van der Waals surface area contributed by atoms with E-state index in [0.29, 0.717) is 18.1 Å². The van der Waals surface area contributed by atoms with Gasteiger partial charge in [-0.15, -0.1) is 0 Å². The maximum absolute atomic E-state index is 12.3. The van der Waals surface area contributed by atoms with Crippen molar-refractivity contribution in [3.8, 4) is 0 Å². The molecule has 28 heavy (non-hydrogen) atoms. The Labute approximate surface area is 169 Å². The number of hydrogen-bond donors (Lipinski definition) is 4. The fourth-order valence-corrected chi connectivity index (χ4v) is 3.90.